The number of likely N-dealkylation sites (tertiary alicyclic amines) is 1. The summed E-state index contributed by atoms with van der Waals surface area (Å²) in [6.45, 7) is 10.5. The molecule has 1 N–H and O–H groups in total. The summed E-state index contributed by atoms with van der Waals surface area (Å²) in [5.74, 6) is 1.19. The molecule has 1 fully saturated rings. The predicted molar refractivity (Wildman–Crippen MR) is 85.5 cm³/mol. The fourth-order valence-corrected chi connectivity index (χ4v) is 3.00. The number of piperidine rings is 1. The summed E-state index contributed by atoms with van der Waals surface area (Å²) in [7, 11) is 0. The van der Waals surface area contributed by atoms with Gasteiger partial charge in [0.1, 0.15) is 0 Å². The molecule has 0 aromatic carbocycles. The molecular formula is C17H28N2O2. The van der Waals surface area contributed by atoms with Crippen LogP contribution in [0.15, 0.2) is 17.1 Å². The fraction of sp³-hybridized carbons (Fsp3) is 0.706. The zero-order valence-corrected chi connectivity index (χ0v) is 13.5. The van der Waals surface area contributed by atoms with Gasteiger partial charge in [0.25, 0.3) is 0 Å². The Morgan fingerprint density at radius 3 is 2.86 bits per heavy atom. The van der Waals surface area contributed by atoms with Crippen LogP contribution in [0.2, 0.25) is 0 Å². The summed E-state index contributed by atoms with van der Waals surface area (Å²) in [6.07, 6.45) is 5.18. The molecule has 1 aliphatic rings. The third-order valence-corrected chi connectivity index (χ3v) is 4.27. The maximum atomic E-state index is 11.8. The fourth-order valence-electron chi connectivity index (χ4n) is 3.00. The van der Waals surface area contributed by atoms with E-state index in [1.807, 2.05) is 0 Å². The van der Waals surface area contributed by atoms with E-state index >= 15 is 0 Å². The van der Waals surface area contributed by atoms with Crippen molar-refractivity contribution in [1.29, 1.82) is 0 Å². The maximum absolute atomic E-state index is 11.8. The minimum absolute atomic E-state index is 0.144. The van der Waals surface area contributed by atoms with E-state index in [2.05, 4.69) is 30.2 Å². The molecular weight excluding hydrogens is 264 g/mol. The highest BCUT2D eigenvalue weighted by Gasteiger charge is 2.18. The number of hydrogen-bond donors (Lipinski definition) is 1. The number of hydrogen-bond acceptors (Lipinski definition) is 3. The second-order valence-corrected chi connectivity index (χ2v) is 6.87. The van der Waals surface area contributed by atoms with Crippen LogP contribution in [0, 0.1) is 11.8 Å². The van der Waals surface area contributed by atoms with Gasteiger partial charge in [-0.2, -0.15) is 0 Å². The molecule has 2 rings (SSSR count). The van der Waals surface area contributed by atoms with Crippen LogP contribution in [0.1, 0.15) is 45.7 Å². The van der Waals surface area contributed by atoms with Gasteiger partial charge in [0.15, 0.2) is 5.75 Å². The summed E-state index contributed by atoms with van der Waals surface area (Å²) >= 11 is 0. The number of pyridine rings is 1. The van der Waals surface area contributed by atoms with Crippen molar-refractivity contribution in [2.45, 2.75) is 53.1 Å². The lowest BCUT2D eigenvalue weighted by atomic mass is 10.0. The molecule has 4 heteroatoms. The van der Waals surface area contributed by atoms with Crippen LogP contribution in [0.5, 0.6) is 5.75 Å². The Balaban J connectivity index is 2.15. The molecule has 0 aliphatic carbocycles. The van der Waals surface area contributed by atoms with E-state index in [4.69, 9.17) is 0 Å². The molecule has 0 saturated carbocycles. The van der Waals surface area contributed by atoms with E-state index < -0.39 is 0 Å². The average molecular weight is 292 g/mol. The van der Waals surface area contributed by atoms with Crippen molar-refractivity contribution >= 4 is 0 Å². The molecule has 118 valence electrons. The van der Waals surface area contributed by atoms with Gasteiger partial charge in [0.2, 0.25) is 5.43 Å². The van der Waals surface area contributed by atoms with Crippen molar-refractivity contribution in [3.8, 4) is 5.75 Å². The van der Waals surface area contributed by atoms with Crippen LogP contribution in [0.4, 0.5) is 0 Å². The number of aromatic hydroxyl groups is 1. The van der Waals surface area contributed by atoms with Crippen molar-refractivity contribution in [3.05, 3.63) is 28.2 Å². The molecule has 2 heterocycles. The lowest BCUT2D eigenvalue weighted by molar-refractivity contribution is 0.172. The molecule has 1 aromatic rings. The van der Waals surface area contributed by atoms with Crippen molar-refractivity contribution in [2.24, 2.45) is 11.8 Å². The second kappa shape index (κ2) is 7.12. The summed E-state index contributed by atoms with van der Waals surface area (Å²) < 4.78 is 2.05. The first kappa shape index (κ1) is 16.1. The zero-order chi connectivity index (χ0) is 15.4. The number of aromatic nitrogens is 1. The van der Waals surface area contributed by atoms with Crippen LogP contribution in [0.25, 0.3) is 0 Å². The molecule has 0 radical (unpaired) electrons. The SMILES string of the molecule is CC(C)CCn1cc(O)c(=O)cc1CN1CCCC(C)C1. The Morgan fingerprint density at radius 2 is 2.19 bits per heavy atom. The number of aryl methyl sites for hydroxylation is 1. The molecule has 4 nitrogen and oxygen atoms in total. The third kappa shape index (κ3) is 4.60. The maximum Gasteiger partial charge on any atom is 0.223 e. The van der Waals surface area contributed by atoms with Crippen molar-refractivity contribution in [2.75, 3.05) is 13.1 Å². The first-order valence-corrected chi connectivity index (χ1v) is 8.10. The normalized spacial score (nSPS) is 20.1. The topological polar surface area (TPSA) is 45.5 Å². The van der Waals surface area contributed by atoms with E-state index in [1.165, 1.54) is 12.8 Å². The summed E-state index contributed by atoms with van der Waals surface area (Å²) in [5, 5.41) is 9.69. The standard InChI is InChI=1S/C17H28N2O2/c1-13(2)6-8-19-12-17(21)16(20)9-15(19)11-18-7-4-5-14(3)10-18/h9,12-14,21H,4-8,10-11H2,1-3H3. The molecule has 0 bridgehead atoms. The summed E-state index contributed by atoms with van der Waals surface area (Å²) in [5.41, 5.74) is 0.753. The van der Waals surface area contributed by atoms with Gasteiger partial charge in [-0.25, -0.2) is 0 Å². The lowest BCUT2D eigenvalue weighted by Crippen LogP contribution is -2.35. The van der Waals surface area contributed by atoms with Crippen LogP contribution in [-0.4, -0.2) is 27.7 Å². The van der Waals surface area contributed by atoms with Gasteiger partial charge in [-0.1, -0.05) is 20.8 Å². The summed E-state index contributed by atoms with van der Waals surface area (Å²) in [6, 6.07) is 1.61. The van der Waals surface area contributed by atoms with Crippen LogP contribution >= 0.6 is 0 Å². The minimum Gasteiger partial charge on any atom is -0.503 e. The molecule has 1 aromatic heterocycles. The van der Waals surface area contributed by atoms with E-state index in [1.54, 1.807) is 12.3 Å². The van der Waals surface area contributed by atoms with Crippen molar-refractivity contribution < 1.29 is 5.11 Å². The molecule has 21 heavy (non-hydrogen) atoms. The predicted octanol–water partition coefficient (Wildman–Crippen LogP) is 2.83. The smallest absolute Gasteiger partial charge is 0.223 e. The molecule has 0 spiro atoms. The second-order valence-electron chi connectivity index (χ2n) is 6.87. The van der Waals surface area contributed by atoms with Crippen LogP contribution < -0.4 is 5.43 Å². The van der Waals surface area contributed by atoms with E-state index in [-0.39, 0.29) is 11.2 Å². The minimum atomic E-state index is -0.268. The van der Waals surface area contributed by atoms with Gasteiger partial charge < -0.3 is 9.67 Å². The van der Waals surface area contributed by atoms with Gasteiger partial charge in [-0.05, 0) is 37.6 Å². The Morgan fingerprint density at radius 1 is 1.43 bits per heavy atom. The number of nitrogens with zero attached hydrogens (tertiary/aromatic N) is 2. The Kier molecular flexibility index (Phi) is 5.45. The third-order valence-electron chi connectivity index (χ3n) is 4.27. The first-order valence-electron chi connectivity index (χ1n) is 8.10. The summed E-state index contributed by atoms with van der Waals surface area (Å²) in [4.78, 5) is 14.2. The lowest BCUT2D eigenvalue weighted by Gasteiger charge is -2.31. The zero-order valence-electron chi connectivity index (χ0n) is 13.5. The van der Waals surface area contributed by atoms with E-state index in [0.29, 0.717) is 5.92 Å². The van der Waals surface area contributed by atoms with Gasteiger partial charge in [-0.15, -0.1) is 0 Å². The van der Waals surface area contributed by atoms with Crippen molar-refractivity contribution in [1.82, 2.24) is 9.47 Å². The van der Waals surface area contributed by atoms with Gasteiger partial charge in [0, 0.05) is 31.4 Å². The average Bonchev–Trinajstić information content (AvgIpc) is 2.41. The van der Waals surface area contributed by atoms with Gasteiger partial charge >= 0.3 is 0 Å². The first-order chi connectivity index (χ1) is 9.95. The quantitative estimate of drug-likeness (QED) is 0.907. The highest BCUT2D eigenvalue weighted by Crippen LogP contribution is 2.18. The van der Waals surface area contributed by atoms with Gasteiger partial charge in [0.05, 0.1) is 6.20 Å². The molecule has 1 saturated heterocycles. The van der Waals surface area contributed by atoms with Gasteiger partial charge in [-0.3, -0.25) is 9.69 Å². The van der Waals surface area contributed by atoms with Crippen LogP contribution in [-0.2, 0) is 13.1 Å². The number of rotatable bonds is 5. The molecule has 1 unspecified atom stereocenters. The molecule has 0 amide bonds. The Bertz CT molecular complexity index is 522. The van der Waals surface area contributed by atoms with Crippen molar-refractivity contribution in [3.63, 3.8) is 0 Å². The van der Waals surface area contributed by atoms with Crippen LogP contribution in [0.3, 0.4) is 0 Å². The highest BCUT2D eigenvalue weighted by atomic mass is 16.3. The van der Waals surface area contributed by atoms with E-state index in [9.17, 15) is 9.90 Å². The monoisotopic (exact) mass is 292 g/mol. The largest absolute Gasteiger partial charge is 0.503 e. The Hall–Kier alpha value is -1.29. The molecule has 1 atom stereocenters. The highest BCUT2D eigenvalue weighted by molar-refractivity contribution is 5.20. The Labute approximate surface area is 127 Å². The molecule has 1 aliphatic heterocycles. The van der Waals surface area contributed by atoms with E-state index in [0.717, 1.165) is 44.2 Å².